The van der Waals surface area contributed by atoms with Crippen molar-refractivity contribution in [1.82, 2.24) is 4.90 Å². The zero-order chi connectivity index (χ0) is 7.61. The Labute approximate surface area is 63.7 Å². The highest BCUT2D eigenvalue weighted by molar-refractivity contribution is 5.03. The first-order valence-corrected chi connectivity index (χ1v) is 4.02. The molecule has 1 nitrogen and oxygen atoms in total. The largest absolute Gasteiger partial charge is 0.302 e. The number of hydrogen-bond acceptors (Lipinski definition) is 1. The molecule has 0 unspecified atom stereocenters. The quantitative estimate of drug-likeness (QED) is 0.501. The van der Waals surface area contributed by atoms with Crippen LogP contribution in [-0.2, 0) is 0 Å². The predicted molar refractivity (Wildman–Crippen MR) is 45.0 cm³/mol. The fourth-order valence-corrected chi connectivity index (χ4v) is 1.48. The molecule has 58 valence electrons. The van der Waals surface area contributed by atoms with E-state index in [2.05, 4.69) is 37.9 Å². The molecule has 1 rings (SSSR count). The van der Waals surface area contributed by atoms with Crippen molar-refractivity contribution in [3.8, 4) is 0 Å². The van der Waals surface area contributed by atoms with Gasteiger partial charge in [0.15, 0.2) is 0 Å². The molecule has 0 aromatic rings. The molecule has 0 N–H and O–H groups in total. The molecule has 0 aromatic carbocycles. The van der Waals surface area contributed by atoms with E-state index in [1.807, 2.05) is 0 Å². The van der Waals surface area contributed by atoms with Crippen LogP contribution in [-0.4, -0.2) is 25.0 Å². The summed E-state index contributed by atoms with van der Waals surface area (Å²) < 4.78 is 0. The second-order valence-corrected chi connectivity index (χ2v) is 3.61. The van der Waals surface area contributed by atoms with Crippen LogP contribution in [0, 0.1) is 5.41 Å². The van der Waals surface area contributed by atoms with E-state index in [9.17, 15) is 0 Å². The van der Waals surface area contributed by atoms with Crippen LogP contribution in [0.5, 0.6) is 0 Å². The predicted octanol–water partition coefficient (Wildman–Crippen LogP) is 1.90. The van der Waals surface area contributed by atoms with Crippen molar-refractivity contribution < 1.29 is 0 Å². The maximum atomic E-state index is 2.36. The molecule has 1 aliphatic rings. The molecule has 10 heavy (non-hydrogen) atoms. The second-order valence-electron chi connectivity index (χ2n) is 3.61. The molecular weight excluding hydrogens is 122 g/mol. The number of likely N-dealkylation sites (N-methyl/N-ethyl adjacent to an activating group) is 1. The highest BCUT2D eigenvalue weighted by Crippen LogP contribution is 2.26. The van der Waals surface area contributed by atoms with Gasteiger partial charge in [0, 0.05) is 13.1 Å². The molecule has 0 amide bonds. The molecule has 0 bridgehead atoms. The van der Waals surface area contributed by atoms with Gasteiger partial charge in [-0.3, -0.25) is 0 Å². The summed E-state index contributed by atoms with van der Waals surface area (Å²) in [4.78, 5) is 2.36. The molecule has 0 aromatic heterocycles. The van der Waals surface area contributed by atoms with Gasteiger partial charge in [-0.05, 0) is 18.9 Å². The molecule has 1 heterocycles. The Morgan fingerprint density at radius 2 is 2.30 bits per heavy atom. The monoisotopic (exact) mass is 139 g/mol. The minimum absolute atomic E-state index is 0.438. The van der Waals surface area contributed by atoms with Crippen LogP contribution in [0.3, 0.4) is 0 Å². The van der Waals surface area contributed by atoms with Crippen molar-refractivity contribution >= 4 is 0 Å². The summed E-state index contributed by atoms with van der Waals surface area (Å²) in [7, 11) is 2.18. The number of hydrogen-bond donors (Lipinski definition) is 0. The summed E-state index contributed by atoms with van der Waals surface area (Å²) in [5, 5.41) is 0. The third-order valence-corrected chi connectivity index (χ3v) is 2.38. The van der Waals surface area contributed by atoms with Gasteiger partial charge in [-0.15, -0.1) is 0 Å². The Morgan fingerprint density at radius 1 is 1.60 bits per heavy atom. The first-order chi connectivity index (χ1) is 4.66. The van der Waals surface area contributed by atoms with Crippen molar-refractivity contribution in [1.29, 1.82) is 0 Å². The van der Waals surface area contributed by atoms with Gasteiger partial charge in [-0.25, -0.2) is 0 Å². The standard InChI is InChI=1S/C9H17N/c1-4-9(2)6-5-7-10(3)8-9/h5-6H,4,7-8H2,1-3H3/t9-/m0/s1. The van der Waals surface area contributed by atoms with E-state index >= 15 is 0 Å². The van der Waals surface area contributed by atoms with Gasteiger partial charge < -0.3 is 4.90 Å². The maximum absolute atomic E-state index is 2.36. The third-order valence-electron chi connectivity index (χ3n) is 2.38. The molecule has 0 radical (unpaired) electrons. The lowest BCUT2D eigenvalue weighted by atomic mass is 9.85. The summed E-state index contributed by atoms with van der Waals surface area (Å²) in [5.41, 5.74) is 0.438. The van der Waals surface area contributed by atoms with Gasteiger partial charge >= 0.3 is 0 Å². The van der Waals surface area contributed by atoms with E-state index in [1.54, 1.807) is 0 Å². The Hall–Kier alpha value is -0.300. The van der Waals surface area contributed by atoms with Gasteiger partial charge in [-0.1, -0.05) is 26.0 Å². The van der Waals surface area contributed by atoms with Crippen molar-refractivity contribution in [2.24, 2.45) is 5.41 Å². The molecular formula is C9H17N. The lowest BCUT2D eigenvalue weighted by Gasteiger charge is -2.33. The van der Waals surface area contributed by atoms with Crippen LogP contribution in [0.4, 0.5) is 0 Å². The second kappa shape index (κ2) is 2.75. The first-order valence-electron chi connectivity index (χ1n) is 4.02. The smallest absolute Gasteiger partial charge is 0.0160 e. The lowest BCUT2D eigenvalue weighted by molar-refractivity contribution is 0.230. The Kier molecular flexibility index (Phi) is 2.14. The zero-order valence-corrected chi connectivity index (χ0v) is 7.22. The van der Waals surface area contributed by atoms with Gasteiger partial charge in [-0.2, -0.15) is 0 Å². The van der Waals surface area contributed by atoms with Gasteiger partial charge in [0.25, 0.3) is 0 Å². The summed E-state index contributed by atoms with van der Waals surface area (Å²) in [6.45, 7) is 6.90. The van der Waals surface area contributed by atoms with Crippen LogP contribution >= 0.6 is 0 Å². The van der Waals surface area contributed by atoms with Crippen molar-refractivity contribution in [3.63, 3.8) is 0 Å². The summed E-state index contributed by atoms with van der Waals surface area (Å²) in [6.07, 6.45) is 5.87. The summed E-state index contributed by atoms with van der Waals surface area (Å²) in [5.74, 6) is 0. The molecule has 0 saturated heterocycles. The molecule has 0 aliphatic carbocycles. The topological polar surface area (TPSA) is 3.24 Å². The van der Waals surface area contributed by atoms with Crippen molar-refractivity contribution in [2.75, 3.05) is 20.1 Å². The van der Waals surface area contributed by atoms with E-state index in [4.69, 9.17) is 0 Å². The number of rotatable bonds is 1. The SMILES string of the molecule is CC[C@@]1(C)C=CCN(C)C1. The maximum Gasteiger partial charge on any atom is 0.0160 e. The van der Waals surface area contributed by atoms with Gasteiger partial charge in [0.2, 0.25) is 0 Å². The van der Waals surface area contributed by atoms with Crippen molar-refractivity contribution in [2.45, 2.75) is 20.3 Å². The normalized spacial score (nSPS) is 34.7. The fraction of sp³-hybridized carbons (Fsp3) is 0.778. The van der Waals surface area contributed by atoms with Crippen LogP contribution in [0.1, 0.15) is 20.3 Å². The van der Waals surface area contributed by atoms with E-state index in [-0.39, 0.29) is 0 Å². The first kappa shape index (κ1) is 7.80. The van der Waals surface area contributed by atoms with E-state index in [1.165, 1.54) is 13.0 Å². The van der Waals surface area contributed by atoms with E-state index < -0.39 is 0 Å². The van der Waals surface area contributed by atoms with Crippen LogP contribution in [0.2, 0.25) is 0 Å². The van der Waals surface area contributed by atoms with Crippen molar-refractivity contribution in [3.05, 3.63) is 12.2 Å². The molecule has 0 saturated carbocycles. The van der Waals surface area contributed by atoms with Crippen LogP contribution < -0.4 is 0 Å². The average molecular weight is 139 g/mol. The Morgan fingerprint density at radius 3 is 2.70 bits per heavy atom. The van der Waals surface area contributed by atoms with Gasteiger partial charge in [0.05, 0.1) is 0 Å². The Bertz CT molecular complexity index is 140. The summed E-state index contributed by atoms with van der Waals surface area (Å²) >= 11 is 0. The van der Waals surface area contributed by atoms with Crippen LogP contribution in [0.25, 0.3) is 0 Å². The molecule has 1 aliphatic heterocycles. The highest BCUT2D eigenvalue weighted by Gasteiger charge is 2.22. The molecule has 0 fully saturated rings. The highest BCUT2D eigenvalue weighted by atomic mass is 15.1. The van der Waals surface area contributed by atoms with E-state index in [0.717, 1.165) is 6.54 Å². The lowest BCUT2D eigenvalue weighted by Crippen LogP contribution is -2.35. The third kappa shape index (κ3) is 1.60. The van der Waals surface area contributed by atoms with Crippen LogP contribution in [0.15, 0.2) is 12.2 Å². The fourth-order valence-electron chi connectivity index (χ4n) is 1.48. The number of nitrogens with zero attached hydrogens (tertiary/aromatic N) is 1. The summed E-state index contributed by atoms with van der Waals surface area (Å²) in [6, 6.07) is 0. The molecule has 0 spiro atoms. The van der Waals surface area contributed by atoms with E-state index in [0.29, 0.717) is 5.41 Å². The zero-order valence-electron chi connectivity index (χ0n) is 7.22. The molecule has 1 atom stereocenters. The minimum atomic E-state index is 0.438. The van der Waals surface area contributed by atoms with Gasteiger partial charge in [0.1, 0.15) is 0 Å². The minimum Gasteiger partial charge on any atom is -0.302 e. The Balaban J connectivity index is 2.61. The molecule has 1 heteroatoms. The average Bonchev–Trinajstić information content (AvgIpc) is 1.88.